The summed E-state index contributed by atoms with van der Waals surface area (Å²) < 4.78 is 26.5. The molecule has 0 aliphatic rings. The van der Waals surface area contributed by atoms with Crippen LogP contribution in [0.3, 0.4) is 0 Å². The number of nitrogens with one attached hydrogen (secondary N) is 1. The van der Waals surface area contributed by atoms with E-state index in [0.717, 1.165) is 0 Å². The average Bonchev–Trinajstić information content (AvgIpc) is 2.36. The summed E-state index contributed by atoms with van der Waals surface area (Å²) in [6, 6.07) is 8.50. The van der Waals surface area contributed by atoms with Gasteiger partial charge in [-0.25, -0.2) is 23.1 Å². The normalized spacial score (nSPS) is 11.4. The van der Waals surface area contributed by atoms with Crippen molar-refractivity contribution < 1.29 is 8.42 Å². The monoisotopic (exact) mass is 292 g/mol. The summed E-state index contributed by atoms with van der Waals surface area (Å²) in [4.78, 5) is 8.10. The summed E-state index contributed by atoms with van der Waals surface area (Å²) in [7, 11) is -3.43. The highest BCUT2D eigenvalue weighted by Gasteiger charge is 2.12. The van der Waals surface area contributed by atoms with Crippen LogP contribution in [0.15, 0.2) is 36.5 Å². The molecular formula is C13H16N4O2S. The van der Waals surface area contributed by atoms with Gasteiger partial charge in [-0.05, 0) is 30.7 Å². The van der Waals surface area contributed by atoms with Gasteiger partial charge in [0.05, 0.1) is 18.0 Å². The van der Waals surface area contributed by atoms with Gasteiger partial charge in [0.2, 0.25) is 10.0 Å². The molecule has 1 aromatic carbocycles. The lowest BCUT2D eigenvalue weighted by Gasteiger charge is -2.07. The third kappa shape index (κ3) is 4.29. The van der Waals surface area contributed by atoms with Gasteiger partial charge in [0, 0.05) is 11.9 Å². The molecule has 0 saturated heterocycles. The maximum atomic E-state index is 12.0. The van der Waals surface area contributed by atoms with Gasteiger partial charge in [0.25, 0.3) is 0 Å². The van der Waals surface area contributed by atoms with E-state index in [1.807, 2.05) is 0 Å². The van der Waals surface area contributed by atoms with E-state index >= 15 is 0 Å². The number of anilines is 1. The number of rotatable bonds is 5. The van der Waals surface area contributed by atoms with Gasteiger partial charge >= 0.3 is 0 Å². The number of nitrogens with zero attached hydrogens (tertiary/aromatic N) is 2. The fourth-order valence-electron chi connectivity index (χ4n) is 1.74. The van der Waals surface area contributed by atoms with Crippen LogP contribution >= 0.6 is 0 Å². The first-order chi connectivity index (χ1) is 9.44. The minimum Gasteiger partial charge on any atom is -0.399 e. The highest BCUT2D eigenvalue weighted by Crippen LogP contribution is 2.10. The van der Waals surface area contributed by atoms with Crippen LogP contribution in [0.4, 0.5) is 5.69 Å². The van der Waals surface area contributed by atoms with Crippen LogP contribution in [0.25, 0.3) is 0 Å². The number of nitrogen functional groups attached to an aromatic ring is 1. The summed E-state index contributed by atoms with van der Waals surface area (Å²) in [5.74, 6) is 0.500. The van der Waals surface area contributed by atoms with Gasteiger partial charge in [-0.2, -0.15) is 0 Å². The molecular weight excluding hydrogens is 276 g/mol. The van der Waals surface area contributed by atoms with Crippen molar-refractivity contribution in [3.63, 3.8) is 0 Å². The predicted molar refractivity (Wildman–Crippen MR) is 77.1 cm³/mol. The molecule has 6 nitrogen and oxygen atoms in total. The van der Waals surface area contributed by atoms with Crippen LogP contribution < -0.4 is 10.5 Å². The second kappa shape index (κ2) is 5.98. The smallest absolute Gasteiger partial charge is 0.216 e. The Hall–Kier alpha value is -1.99. The van der Waals surface area contributed by atoms with Crippen molar-refractivity contribution in [2.24, 2.45) is 0 Å². The number of aryl methyl sites for hydroxylation is 1. The molecule has 1 aromatic heterocycles. The van der Waals surface area contributed by atoms with E-state index in [1.54, 1.807) is 43.5 Å². The second-order valence-corrected chi connectivity index (χ2v) is 6.23. The zero-order valence-corrected chi connectivity index (χ0v) is 11.9. The van der Waals surface area contributed by atoms with E-state index in [-0.39, 0.29) is 12.3 Å². The Morgan fingerprint density at radius 3 is 2.80 bits per heavy atom. The average molecular weight is 292 g/mol. The first kappa shape index (κ1) is 14.4. The lowest BCUT2D eigenvalue weighted by Crippen LogP contribution is -2.25. The number of hydrogen-bond donors (Lipinski definition) is 2. The lowest BCUT2D eigenvalue weighted by molar-refractivity contribution is 0.579. The number of hydrogen-bond acceptors (Lipinski definition) is 5. The molecule has 20 heavy (non-hydrogen) atoms. The third-order valence-electron chi connectivity index (χ3n) is 2.61. The third-order valence-corrected chi connectivity index (χ3v) is 3.91. The first-order valence-electron chi connectivity index (χ1n) is 6.05. The van der Waals surface area contributed by atoms with Gasteiger partial charge < -0.3 is 5.73 Å². The maximum Gasteiger partial charge on any atom is 0.216 e. The highest BCUT2D eigenvalue weighted by molar-refractivity contribution is 7.88. The minimum absolute atomic E-state index is 0.109. The SMILES string of the molecule is Cc1nccc(CNS(=O)(=O)Cc2cccc(N)c2)n1. The van der Waals surface area contributed by atoms with E-state index in [4.69, 9.17) is 5.73 Å². The van der Waals surface area contributed by atoms with Gasteiger partial charge in [-0.3, -0.25) is 0 Å². The maximum absolute atomic E-state index is 12.0. The molecule has 0 bridgehead atoms. The molecule has 0 fully saturated rings. The fourth-order valence-corrected chi connectivity index (χ4v) is 2.83. The minimum atomic E-state index is -3.43. The van der Waals surface area contributed by atoms with Crippen molar-refractivity contribution in [3.05, 3.63) is 53.6 Å². The molecule has 0 spiro atoms. The van der Waals surface area contributed by atoms with Gasteiger partial charge in [0.1, 0.15) is 5.82 Å². The first-order valence-corrected chi connectivity index (χ1v) is 7.70. The van der Waals surface area contributed by atoms with Crippen LogP contribution in [0.2, 0.25) is 0 Å². The molecule has 0 saturated carbocycles. The van der Waals surface area contributed by atoms with Crippen LogP contribution in [0.1, 0.15) is 17.1 Å². The molecule has 0 radical (unpaired) electrons. The number of nitrogens with two attached hydrogens (primary N) is 1. The van der Waals surface area contributed by atoms with Crippen molar-refractivity contribution in [2.75, 3.05) is 5.73 Å². The molecule has 7 heteroatoms. The molecule has 1 heterocycles. The van der Waals surface area contributed by atoms with Crippen LogP contribution in [0, 0.1) is 6.92 Å². The Labute approximate surface area is 118 Å². The van der Waals surface area contributed by atoms with Crippen LogP contribution in [-0.4, -0.2) is 18.4 Å². The predicted octanol–water partition coefficient (Wildman–Crippen LogP) is 0.987. The Balaban J connectivity index is 2.01. The molecule has 0 atom stereocenters. The molecule has 0 aliphatic heterocycles. The number of sulfonamides is 1. The molecule has 0 amide bonds. The highest BCUT2D eigenvalue weighted by atomic mass is 32.2. The van der Waals surface area contributed by atoms with E-state index in [2.05, 4.69) is 14.7 Å². The molecule has 0 unspecified atom stereocenters. The Morgan fingerprint density at radius 1 is 1.30 bits per heavy atom. The topological polar surface area (TPSA) is 98.0 Å². The number of benzene rings is 1. The van der Waals surface area contributed by atoms with E-state index in [0.29, 0.717) is 22.8 Å². The Morgan fingerprint density at radius 2 is 2.10 bits per heavy atom. The molecule has 3 N–H and O–H groups in total. The molecule has 106 valence electrons. The molecule has 2 rings (SSSR count). The van der Waals surface area contributed by atoms with Crippen LogP contribution in [0.5, 0.6) is 0 Å². The summed E-state index contributed by atoms with van der Waals surface area (Å²) >= 11 is 0. The van der Waals surface area contributed by atoms with Gasteiger partial charge in [-0.15, -0.1) is 0 Å². The van der Waals surface area contributed by atoms with Crippen molar-refractivity contribution in [1.82, 2.24) is 14.7 Å². The Kier molecular flexibility index (Phi) is 4.31. The van der Waals surface area contributed by atoms with Crippen molar-refractivity contribution >= 4 is 15.7 Å². The van der Waals surface area contributed by atoms with Gasteiger partial charge in [-0.1, -0.05) is 12.1 Å². The van der Waals surface area contributed by atoms with E-state index in [1.165, 1.54) is 0 Å². The summed E-state index contributed by atoms with van der Waals surface area (Å²) in [5.41, 5.74) is 7.45. The Bertz CT molecular complexity index is 701. The zero-order valence-electron chi connectivity index (χ0n) is 11.1. The molecule has 0 aliphatic carbocycles. The van der Waals surface area contributed by atoms with Crippen molar-refractivity contribution in [1.29, 1.82) is 0 Å². The summed E-state index contributed by atoms with van der Waals surface area (Å²) in [6.07, 6.45) is 1.60. The van der Waals surface area contributed by atoms with Gasteiger partial charge in [0.15, 0.2) is 0 Å². The standard InChI is InChI=1S/C13H16N4O2S/c1-10-15-6-5-13(17-10)8-16-20(18,19)9-11-3-2-4-12(14)7-11/h2-7,16H,8-9,14H2,1H3. The van der Waals surface area contributed by atoms with E-state index in [9.17, 15) is 8.42 Å². The largest absolute Gasteiger partial charge is 0.399 e. The summed E-state index contributed by atoms with van der Waals surface area (Å²) in [5, 5.41) is 0. The van der Waals surface area contributed by atoms with Crippen molar-refractivity contribution in [2.45, 2.75) is 19.2 Å². The summed E-state index contributed by atoms with van der Waals surface area (Å²) in [6.45, 7) is 1.90. The van der Waals surface area contributed by atoms with Crippen LogP contribution in [-0.2, 0) is 22.3 Å². The zero-order chi connectivity index (χ0) is 14.6. The molecule has 2 aromatic rings. The van der Waals surface area contributed by atoms with E-state index < -0.39 is 10.0 Å². The lowest BCUT2D eigenvalue weighted by atomic mass is 10.2. The number of aromatic nitrogens is 2. The second-order valence-electron chi connectivity index (χ2n) is 4.42. The fraction of sp³-hybridized carbons (Fsp3) is 0.231. The van der Waals surface area contributed by atoms with Crippen molar-refractivity contribution in [3.8, 4) is 0 Å². The quantitative estimate of drug-likeness (QED) is 0.801.